The van der Waals surface area contributed by atoms with Crippen molar-refractivity contribution in [2.75, 3.05) is 0 Å². The Morgan fingerprint density at radius 3 is 2.00 bits per heavy atom. The van der Waals surface area contributed by atoms with Gasteiger partial charge in [0.2, 0.25) is 0 Å². The molecule has 4 heteroatoms. The van der Waals surface area contributed by atoms with Crippen LogP contribution in [0.5, 0.6) is 0 Å². The van der Waals surface area contributed by atoms with E-state index in [1.807, 2.05) is 0 Å². The van der Waals surface area contributed by atoms with Crippen LogP contribution >= 0.6 is 12.2 Å². The molecule has 6 aromatic rings. The third-order valence-electron chi connectivity index (χ3n) is 7.79. The number of fused-ring (bicyclic) bond motifs is 4. The van der Waals surface area contributed by atoms with Crippen LogP contribution in [0.15, 0.2) is 121 Å². The van der Waals surface area contributed by atoms with E-state index in [0.717, 1.165) is 22.2 Å². The van der Waals surface area contributed by atoms with E-state index in [1.54, 1.807) is 6.92 Å². The zero-order valence-corrected chi connectivity index (χ0v) is 27.7. The molecule has 1 heterocycles. The Bertz CT molecular complexity index is 1890. The van der Waals surface area contributed by atoms with E-state index in [4.69, 9.17) is 4.98 Å². The van der Waals surface area contributed by atoms with Crippen molar-refractivity contribution < 1.29 is 20.1 Å². The molecule has 1 nitrogen and oxygen atoms in total. The van der Waals surface area contributed by atoms with Gasteiger partial charge in [0.25, 0.3) is 0 Å². The Hall–Kier alpha value is -3.53. The van der Waals surface area contributed by atoms with E-state index in [2.05, 4.69) is 166 Å². The number of rotatable bonds is 3. The molecule has 1 aliphatic rings. The van der Waals surface area contributed by atoms with Crippen molar-refractivity contribution in [2.24, 2.45) is 0 Å². The normalized spacial score (nSPS) is 12.4. The quantitative estimate of drug-likeness (QED) is 0.101. The van der Waals surface area contributed by atoms with E-state index < -0.39 is 0 Å². The second-order valence-electron chi connectivity index (χ2n) is 10.9. The third kappa shape index (κ3) is 5.73. The van der Waals surface area contributed by atoms with Crippen LogP contribution in [0.1, 0.15) is 31.9 Å². The van der Waals surface area contributed by atoms with Gasteiger partial charge in [-0.3, -0.25) is 4.98 Å². The minimum atomic E-state index is -0.0561. The molecule has 1 aromatic heterocycles. The summed E-state index contributed by atoms with van der Waals surface area (Å²) < 4.78 is 0.583. The van der Waals surface area contributed by atoms with Crippen LogP contribution < -0.4 is 0 Å². The molecule has 1 aliphatic carbocycles. The summed E-state index contributed by atoms with van der Waals surface area (Å²) in [4.78, 5) is 5.16. The summed E-state index contributed by atoms with van der Waals surface area (Å²) in [6, 6.07) is 46.8. The van der Waals surface area contributed by atoms with Crippen LogP contribution in [0.2, 0.25) is 0 Å². The van der Waals surface area contributed by atoms with E-state index in [1.165, 1.54) is 44.5 Å². The van der Waals surface area contributed by atoms with Crippen molar-refractivity contribution in [2.45, 2.75) is 26.2 Å². The third-order valence-corrected chi connectivity index (χ3v) is 7.79. The predicted octanol–water partition coefficient (Wildman–Crippen LogP) is 10.2. The topological polar surface area (TPSA) is 12.9 Å². The number of hydrogen-bond donors (Lipinski definition) is 0. The van der Waals surface area contributed by atoms with Crippen molar-refractivity contribution >= 4 is 39.9 Å². The molecule has 0 unspecified atom stereocenters. The van der Waals surface area contributed by atoms with Gasteiger partial charge in [-0.15, -0.1) is 29.3 Å². The van der Waals surface area contributed by atoms with Gasteiger partial charge in [-0.2, -0.15) is 4.20 Å². The van der Waals surface area contributed by atoms with Crippen LogP contribution in [-0.2, 0) is 38.1 Å². The molecule has 0 fully saturated rings. The summed E-state index contributed by atoms with van der Waals surface area (Å²) in [5, 5.41) is 1.16. The molecule has 209 valence electrons. The zero-order valence-electron chi connectivity index (χ0n) is 23.6. The first-order valence-electron chi connectivity index (χ1n) is 13.7. The Kier molecular flexibility index (Phi) is 8.82. The summed E-state index contributed by atoms with van der Waals surface area (Å²) in [6.07, 6.45) is 0. The van der Waals surface area contributed by atoms with Gasteiger partial charge in [-0.1, -0.05) is 129 Å². The Labute approximate surface area is 272 Å². The SMILES string of the molecule is CC(=S)[S-].CC1(C)c2ccccc2-c2c[c-]c(-c3cc(-c4ccccc4)c4cc(-c5ccccc5)ccc4n3)cc21.[Ir]. The molecular weight excluding hydrogens is 727 g/mol. The van der Waals surface area contributed by atoms with E-state index in [9.17, 15) is 0 Å². The van der Waals surface area contributed by atoms with Gasteiger partial charge in [0, 0.05) is 25.5 Å². The van der Waals surface area contributed by atoms with E-state index >= 15 is 0 Å². The minimum absolute atomic E-state index is 0. The van der Waals surface area contributed by atoms with Gasteiger partial charge < -0.3 is 24.8 Å². The molecule has 0 atom stereocenters. The molecule has 0 saturated carbocycles. The summed E-state index contributed by atoms with van der Waals surface area (Å²) in [5.41, 5.74) is 13.0. The molecule has 7 rings (SSSR count). The van der Waals surface area contributed by atoms with Gasteiger partial charge in [0.05, 0.1) is 5.52 Å². The van der Waals surface area contributed by atoms with Crippen LogP contribution in [-0.4, -0.2) is 9.18 Å². The molecule has 0 N–H and O–H groups in total. The Morgan fingerprint density at radius 1 is 0.690 bits per heavy atom. The van der Waals surface area contributed by atoms with Gasteiger partial charge in [-0.25, -0.2) is 0 Å². The summed E-state index contributed by atoms with van der Waals surface area (Å²) in [7, 11) is 0. The van der Waals surface area contributed by atoms with Crippen LogP contribution in [0, 0.1) is 6.07 Å². The fraction of sp³-hybridized carbons (Fsp3) is 0.105. The first-order valence-corrected chi connectivity index (χ1v) is 14.5. The first-order chi connectivity index (χ1) is 19.8. The number of aromatic nitrogens is 1. The standard InChI is InChI=1S/C36H26N.C2H4S2.Ir/c1-36(2)32-16-10-9-15-28(32)29-19-17-27(22-33(29)36)35-23-30(25-13-7-4-8-14-25)31-21-26(18-20-34(31)37-35)24-11-5-3-6-12-24;1-2(3)4;/h3-16,18-23H,1-2H3;1H3,(H,3,4);/q-1;;/p-1. The van der Waals surface area contributed by atoms with E-state index in [-0.39, 0.29) is 25.5 Å². The number of benzene rings is 5. The van der Waals surface area contributed by atoms with E-state index in [0.29, 0.717) is 4.20 Å². The van der Waals surface area contributed by atoms with Crippen LogP contribution in [0.3, 0.4) is 0 Å². The van der Waals surface area contributed by atoms with Gasteiger partial charge in [-0.05, 0) is 51.1 Å². The molecule has 0 saturated heterocycles. The first kappa shape index (κ1) is 29.9. The maximum absolute atomic E-state index is 5.16. The summed E-state index contributed by atoms with van der Waals surface area (Å²) in [6.45, 7) is 6.34. The number of pyridine rings is 1. The fourth-order valence-electron chi connectivity index (χ4n) is 5.82. The summed E-state index contributed by atoms with van der Waals surface area (Å²) >= 11 is 8.70. The molecule has 0 spiro atoms. The maximum atomic E-state index is 5.16. The average molecular weight is 756 g/mol. The molecule has 0 aliphatic heterocycles. The molecule has 5 aromatic carbocycles. The second kappa shape index (κ2) is 12.4. The van der Waals surface area contributed by atoms with Crippen molar-refractivity contribution in [3.8, 4) is 44.6 Å². The predicted molar refractivity (Wildman–Crippen MR) is 180 cm³/mol. The van der Waals surface area contributed by atoms with Crippen molar-refractivity contribution in [1.82, 2.24) is 4.98 Å². The second-order valence-corrected chi connectivity index (χ2v) is 12.3. The van der Waals surface area contributed by atoms with Gasteiger partial charge in [0.15, 0.2) is 0 Å². The Morgan fingerprint density at radius 2 is 1.31 bits per heavy atom. The van der Waals surface area contributed by atoms with Crippen LogP contribution in [0.25, 0.3) is 55.5 Å². The minimum Gasteiger partial charge on any atom is -0.433 e. The van der Waals surface area contributed by atoms with Gasteiger partial charge in [0.1, 0.15) is 0 Å². The molecule has 0 amide bonds. The van der Waals surface area contributed by atoms with Crippen molar-refractivity contribution in [1.29, 1.82) is 0 Å². The Balaban J connectivity index is 0.000000665. The number of hydrogen-bond acceptors (Lipinski definition) is 3. The monoisotopic (exact) mass is 756 g/mol. The number of thiocarbonyl (C=S) groups is 1. The maximum Gasteiger partial charge on any atom is 0.0602 e. The molecular formula is C38H29IrNS2-2. The van der Waals surface area contributed by atoms with Gasteiger partial charge >= 0.3 is 0 Å². The number of nitrogens with zero attached hydrogens (tertiary/aromatic N) is 1. The smallest absolute Gasteiger partial charge is 0.0602 e. The largest absolute Gasteiger partial charge is 0.433 e. The molecule has 0 bridgehead atoms. The molecule has 42 heavy (non-hydrogen) atoms. The van der Waals surface area contributed by atoms with Crippen LogP contribution in [0.4, 0.5) is 0 Å². The zero-order chi connectivity index (χ0) is 28.6. The van der Waals surface area contributed by atoms with Crippen molar-refractivity contribution in [3.63, 3.8) is 0 Å². The fourth-order valence-corrected chi connectivity index (χ4v) is 5.82. The molecule has 1 radical (unpaired) electrons. The average Bonchev–Trinajstić information content (AvgIpc) is 3.23. The van der Waals surface area contributed by atoms with Crippen molar-refractivity contribution in [3.05, 3.63) is 139 Å². The summed E-state index contributed by atoms with van der Waals surface area (Å²) in [5.74, 6) is 0.